The first-order valence-corrected chi connectivity index (χ1v) is 5.95. The minimum Gasteiger partial charge on any atom is -0.391 e. The van der Waals surface area contributed by atoms with Gasteiger partial charge in [0, 0.05) is 11.8 Å². The van der Waals surface area contributed by atoms with Crippen molar-refractivity contribution in [1.82, 2.24) is 4.98 Å². The highest BCUT2D eigenvalue weighted by molar-refractivity contribution is 14.1. The molecule has 0 radical (unpaired) electrons. The predicted octanol–water partition coefficient (Wildman–Crippen LogP) is 3.56. The Morgan fingerprint density at radius 2 is 2.12 bits per heavy atom. The van der Waals surface area contributed by atoms with Crippen LogP contribution < -0.4 is 0 Å². The van der Waals surface area contributed by atoms with Gasteiger partial charge < -0.3 is 3.07 Å². The van der Waals surface area contributed by atoms with E-state index in [4.69, 9.17) is 0 Å². The maximum Gasteiger partial charge on any atom is 0.347 e. The highest BCUT2D eigenvalue weighted by Gasteiger charge is 2.09. The van der Waals surface area contributed by atoms with Crippen molar-refractivity contribution >= 4 is 29.0 Å². The summed E-state index contributed by atoms with van der Waals surface area (Å²) >= 11 is 1.58. The molecular weight excluding hydrogens is 329 g/mol. The summed E-state index contributed by atoms with van der Waals surface area (Å²) in [7, 11) is 0. The van der Waals surface area contributed by atoms with Crippen LogP contribution in [0.15, 0.2) is 42.6 Å². The lowest BCUT2D eigenvalue weighted by Crippen LogP contribution is -1.98. The van der Waals surface area contributed by atoms with Crippen LogP contribution in [0.4, 0.5) is 0 Å². The molecule has 0 amide bonds. The quantitative estimate of drug-likeness (QED) is 0.786. The Bertz CT molecular complexity index is 555. The van der Waals surface area contributed by atoms with Gasteiger partial charge in [0.05, 0.1) is 11.3 Å². The van der Waals surface area contributed by atoms with E-state index in [2.05, 4.69) is 8.05 Å². The Morgan fingerprint density at radius 1 is 1.29 bits per heavy atom. The second kappa shape index (κ2) is 5.27. The first kappa shape index (κ1) is 12.0. The number of aryl methyl sites for hydroxylation is 1. The van der Waals surface area contributed by atoms with Gasteiger partial charge in [0.1, 0.15) is 0 Å². The van der Waals surface area contributed by atoms with Crippen molar-refractivity contribution in [1.29, 1.82) is 0 Å². The van der Waals surface area contributed by atoms with Gasteiger partial charge in [-0.3, -0.25) is 4.98 Å². The molecule has 0 unspecified atom stereocenters. The molecule has 1 heterocycles. The van der Waals surface area contributed by atoms with Gasteiger partial charge >= 0.3 is 5.97 Å². The van der Waals surface area contributed by atoms with Crippen LogP contribution in [0, 0.1) is 6.92 Å². The van der Waals surface area contributed by atoms with E-state index in [9.17, 15) is 4.79 Å². The van der Waals surface area contributed by atoms with Crippen molar-refractivity contribution in [3.8, 4) is 11.3 Å². The Morgan fingerprint density at radius 3 is 2.82 bits per heavy atom. The first-order chi connectivity index (χ1) is 8.22. The summed E-state index contributed by atoms with van der Waals surface area (Å²) in [4.78, 5) is 15.8. The van der Waals surface area contributed by atoms with E-state index >= 15 is 0 Å². The minimum atomic E-state index is -0.346. The van der Waals surface area contributed by atoms with Crippen LogP contribution in [0.25, 0.3) is 11.3 Å². The molecule has 0 atom stereocenters. The van der Waals surface area contributed by atoms with E-state index in [1.54, 1.807) is 41.3 Å². The number of aromatic nitrogens is 1. The SMILES string of the molecule is Cc1cccnc1-c1cccc(C(=O)OI)c1. The summed E-state index contributed by atoms with van der Waals surface area (Å²) in [6.07, 6.45) is 1.74. The fourth-order valence-corrected chi connectivity index (χ4v) is 1.88. The Balaban J connectivity index is 2.47. The fraction of sp³-hybridized carbons (Fsp3) is 0.0769. The second-order valence-corrected chi connectivity index (χ2v) is 4.05. The summed E-state index contributed by atoms with van der Waals surface area (Å²) in [6, 6.07) is 11.2. The summed E-state index contributed by atoms with van der Waals surface area (Å²) in [5, 5.41) is 0. The zero-order valence-corrected chi connectivity index (χ0v) is 11.3. The van der Waals surface area contributed by atoms with Crippen LogP contribution in [-0.2, 0) is 3.07 Å². The highest BCUT2D eigenvalue weighted by Crippen LogP contribution is 2.21. The van der Waals surface area contributed by atoms with Crippen molar-refractivity contribution in [2.75, 3.05) is 0 Å². The molecule has 0 fully saturated rings. The molecule has 0 saturated heterocycles. The van der Waals surface area contributed by atoms with Crippen molar-refractivity contribution in [2.45, 2.75) is 6.92 Å². The lowest BCUT2D eigenvalue weighted by Gasteiger charge is -2.05. The van der Waals surface area contributed by atoms with Crippen LogP contribution in [-0.4, -0.2) is 11.0 Å². The van der Waals surface area contributed by atoms with Crippen molar-refractivity contribution in [3.63, 3.8) is 0 Å². The average Bonchev–Trinajstić information content (AvgIpc) is 2.38. The highest BCUT2D eigenvalue weighted by atomic mass is 127. The van der Waals surface area contributed by atoms with E-state index in [0.717, 1.165) is 16.8 Å². The Hall–Kier alpha value is -1.43. The monoisotopic (exact) mass is 339 g/mol. The molecule has 86 valence electrons. The molecule has 17 heavy (non-hydrogen) atoms. The number of rotatable bonds is 2. The minimum absolute atomic E-state index is 0.346. The number of hydrogen-bond donors (Lipinski definition) is 0. The third-order valence-electron chi connectivity index (χ3n) is 2.45. The molecule has 0 aliphatic rings. The third-order valence-corrected chi connectivity index (χ3v) is 2.85. The normalized spacial score (nSPS) is 10.0. The zero-order valence-electron chi connectivity index (χ0n) is 9.18. The molecule has 2 rings (SSSR count). The number of nitrogens with zero attached hydrogens (tertiary/aromatic N) is 1. The zero-order chi connectivity index (χ0) is 12.3. The largest absolute Gasteiger partial charge is 0.391 e. The molecule has 0 N–H and O–H groups in total. The molecule has 0 saturated carbocycles. The standard InChI is InChI=1S/C13H10INO2/c1-9-4-3-7-15-12(9)10-5-2-6-11(8-10)13(16)17-14/h2-8H,1H3. The molecule has 0 aliphatic heterocycles. The molecular formula is C13H10INO2. The Labute approximate surface area is 114 Å². The molecule has 4 heteroatoms. The lowest BCUT2D eigenvalue weighted by atomic mass is 10.0. The van der Waals surface area contributed by atoms with Gasteiger partial charge in [-0.2, -0.15) is 0 Å². The summed E-state index contributed by atoms with van der Waals surface area (Å²) in [6.45, 7) is 1.99. The lowest BCUT2D eigenvalue weighted by molar-refractivity contribution is 0.0800. The molecule has 3 nitrogen and oxygen atoms in total. The van der Waals surface area contributed by atoms with E-state index in [-0.39, 0.29) is 5.97 Å². The van der Waals surface area contributed by atoms with Gasteiger partial charge in [0.25, 0.3) is 0 Å². The summed E-state index contributed by atoms with van der Waals surface area (Å²) in [5.74, 6) is -0.346. The third kappa shape index (κ3) is 2.63. The smallest absolute Gasteiger partial charge is 0.347 e. The van der Waals surface area contributed by atoms with Crippen LogP contribution in [0.3, 0.4) is 0 Å². The average molecular weight is 339 g/mol. The van der Waals surface area contributed by atoms with Crippen molar-refractivity contribution in [3.05, 3.63) is 53.7 Å². The first-order valence-electron chi connectivity index (χ1n) is 5.07. The molecule has 0 bridgehead atoms. The molecule has 0 aliphatic carbocycles. The fourth-order valence-electron chi connectivity index (χ4n) is 1.63. The van der Waals surface area contributed by atoms with Gasteiger partial charge in [-0.25, -0.2) is 4.79 Å². The van der Waals surface area contributed by atoms with E-state index < -0.39 is 0 Å². The van der Waals surface area contributed by atoms with E-state index in [1.807, 2.05) is 31.2 Å². The van der Waals surface area contributed by atoms with Gasteiger partial charge in [-0.1, -0.05) is 18.2 Å². The molecule has 0 spiro atoms. The number of pyridine rings is 1. The molecule has 1 aromatic carbocycles. The van der Waals surface area contributed by atoms with Crippen LogP contribution >= 0.6 is 23.0 Å². The van der Waals surface area contributed by atoms with Gasteiger partial charge in [-0.05, 0) is 30.7 Å². The Kier molecular flexibility index (Phi) is 3.73. The summed E-state index contributed by atoms with van der Waals surface area (Å²) in [5.41, 5.74) is 3.41. The van der Waals surface area contributed by atoms with Crippen molar-refractivity contribution in [2.24, 2.45) is 0 Å². The molecule has 1 aromatic heterocycles. The van der Waals surface area contributed by atoms with Crippen LogP contribution in [0.2, 0.25) is 0 Å². The van der Waals surface area contributed by atoms with Gasteiger partial charge in [0.2, 0.25) is 0 Å². The number of halogens is 1. The maximum absolute atomic E-state index is 11.4. The summed E-state index contributed by atoms with van der Waals surface area (Å²) < 4.78 is 4.67. The van der Waals surface area contributed by atoms with E-state index in [0.29, 0.717) is 5.56 Å². The number of hydrogen-bond acceptors (Lipinski definition) is 3. The number of benzene rings is 1. The molecule has 2 aromatic rings. The van der Waals surface area contributed by atoms with Crippen LogP contribution in [0.5, 0.6) is 0 Å². The van der Waals surface area contributed by atoms with Crippen LogP contribution in [0.1, 0.15) is 15.9 Å². The predicted molar refractivity (Wildman–Crippen MR) is 73.8 cm³/mol. The topological polar surface area (TPSA) is 39.2 Å². The van der Waals surface area contributed by atoms with E-state index in [1.165, 1.54) is 0 Å². The second-order valence-electron chi connectivity index (χ2n) is 3.61. The maximum atomic E-state index is 11.4. The number of carbonyl (C=O) groups excluding carboxylic acids is 1. The number of carbonyl (C=O) groups is 1. The van der Waals surface area contributed by atoms with Crippen molar-refractivity contribution < 1.29 is 7.86 Å². The van der Waals surface area contributed by atoms with Gasteiger partial charge in [0.15, 0.2) is 23.0 Å². The van der Waals surface area contributed by atoms with Gasteiger partial charge in [-0.15, -0.1) is 0 Å².